The molecule has 0 fully saturated rings. The van der Waals surface area contributed by atoms with Crippen molar-refractivity contribution in [2.75, 3.05) is 19.0 Å². The van der Waals surface area contributed by atoms with Crippen LogP contribution < -0.4 is 10.6 Å². The number of nitrogens with one attached hydrogen (secondary N) is 2. The van der Waals surface area contributed by atoms with Crippen molar-refractivity contribution in [2.24, 2.45) is 0 Å². The minimum atomic E-state index is -0.327. The van der Waals surface area contributed by atoms with Gasteiger partial charge in [0.25, 0.3) is 0 Å². The fourth-order valence-corrected chi connectivity index (χ4v) is 2.47. The van der Waals surface area contributed by atoms with Crippen LogP contribution in [0.4, 0.5) is 5.00 Å². The maximum Gasteiger partial charge on any atom is 0.348 e. The number of thiophene rings is 1. The average Bonchev–Trinajstić information content (AvgIpc) is 2.66. The maximum absolute atomic E-state index is 11.4. The Balaban J connectivity index is 2.66. The number of carbonyl (C=O) groups excluding carboxylic acids is 1. The minimum Gasteiger partial charge on any atom is -0.465 e. The summed E-state index contributed by atoms with van der Waals surface area (Å²) in [5.74, 6) is -0.327. The highest BCUT2D eigenvalue weighted by atomic mass is 32.1. The Labute approximate surface area is 116 Å². The Bertz CT molecular complexity index is 480. The molecule has 0 unspecified atom stereocenters. The molecule has 0 spiro atoms. The van der Waals surface area contributed by atoms with Gasteiger partial charge in [-0.05, 0) is 37.7 Å². The summed E-state index contributed by atoms with van der Waals surface area (Å²) in [5.41, 5.74) is 1.87. The second kappa shape index (κ2) is 6.51. The molecule has 0 saturated carbocycles. The van der Waals surface area contributed by atoms with Crippen LogP contribution in [0.1, 0.15) is 22.2 Å². The number of rotatable bonds is 4. The molecule has 98 valence electrons. The van der Waals surface area contributed by atoms with E-state index in [4.69, 9.17) is 17.0 Å². The number of esters is 1. The molecule has 2 N–H and O–H groups in total. The van der Waals surface area contributed by atoms with Crippen LogP contribution in [-0.2, 0) is 4.74 Å². The normalized spacial score (nSPS) is 9.72. The average molecular weight is 284 g/mol. The molecule has 0 aliphatic heterocycles. The van der Waals surface area contributed by atoms with Crippen molar-refractivity contribution >= 4 is 39.6 Å². The SMILES string of the molecule is C=C(C)CNC(=S)Nc1cc(C)c(C(=O)OC)s1. The van der Waals surface area contributed by atoms with Crippen LogP contribution >= 0.6 is 23.6 Å². The van der Waals surface area contributed by atoms with E-state index < -0.39 is 0 Å². The van der Waals surface area contributed by atoms with Crippen LogP contribution in [0, 0.1) is 6.92 Å². The lowest BCUT2D eigenvalue weighted by molar-refractivity contribution is 0.0605. The van der Waals surface area contributed by atoms with Gasteiger partial charge in [-0.1, -0.05) is 12.2 Å². The lowest BCUT2D eigenvalue weighted by atomic mass is 10.3. The van der Waals surface area contributed by atoms with Gasteiger partial charge >= 0.3 is 5.97 Å². The number of methoxy groups -OCH3 is 1. The molecule has 4 nitrogen and oxygen atoms in total. The highest BCUT2D eigenvalue weighted by Crippen LogP contribution is 2.27. The summed E-state index contributed by atoms with van der Waals surface area (Å²) in [4.78, 5) is 12.0. The third-order valence-corrected chi connectivity index (χ3v) is 3.46. The quantitative estimate of drug-likeness (QED) is 0.506. The number of hydrogen-bond donors (Lipinski definition) is 2. The molecular formula is C12H16N2O2S2. The van der Waals surface area contributed by atoms with E-state index in [1.165, 1.54) is 18.4 Å². The number of hydrogen-bond acceptors (Lipinski definition) is 4. The Morgan fingerprint density at radius 2 is 2.28 bits per heavy atom. The number of anilines is 1. The molecule has 18 heavy (non-hydrogen) atoms. The van der Waals surface area contributed by atoms with E-state index in [2.05, 4.69) is 17.2 Å². The maximum atomic E-state index is 11.4. The van der Waals surface area contributed by atoms with Crippen molar-refractivity contribution in [3.63, 3.8) is 0 Å². The van der Waals surface area contributed by atoms with Crippen molar-refractivity contribution in [3.8, 4) is 0 Å². The van der Waals surface area contributed by atoms with Gasteiger partial charge in [-0.3, -0.25) is 0 Å². The van der Waals surface area contributed by atoms with E-state index in [0.717, 1.165) is 16.1 Å². The van der Waals surface area contributed by atoms with Gasteiger partial charge in [0, 0.05) is 6.54 Å². The lowest BCUT2D eigenvalue weighted by Gasteiger charge is -2.08. The zero-order valence-electron chi connectivity index (χ0n) is 10.6. The molecule has 0 amide bonds. The first-order chi connectivity index (χ1) is 8.43. The van der Waals surface area contributed by atoms with E-state index in [0.29, 0.717) is 16.5 Å². The summed E-state index contributed by atoms with van der Waals surface area (Å²) in [5, 5.41) is 7.36. The van der Waals surface area contributed by atoms with Gasteiger partial charge in [0.05, 0.1) is 12.1 Å². The molecule has 1 aromatic heterocycles. The molecule has 6 heteroatoms. The number of aryl methyl sites for hydroxylation is 1. The Kier molecular flexibility index (Phi) is 5.30. The molecule has 0 radical (unpaired) electrons. The first kappa shape index (κ1) is 14.7. The highest BCUT2D eigenvalue weighted by molar-refractivity contribution is 7.80. The van der Waals surface area contributed by atoms with Crippen molar-refractivity contribution in [2.45, 2.75) is 13.8 Å². The van der Waals surface area contributed by atoms with E-state index in [-0.39, 0.29) is 5.97 Å². The second-order valence-corrected chi connectivity index (χ2v) is 5.34. The van der Waals surface area contributed by atoms with Crippen LogP contribution in [0.2, 0.25) is 0 Å². The van der Waals surface area contributed by atoms with Gasteiger partial charge in [0.1, 0.15) is 4.88 Å². The van der Waals surface area contributed by atoms with Crippen molar-refractivity contribution in [1.29, 1.82) is 0 Å². The zero-order valence-corrected chi connectivity index (χ0v) is 12.3. The number of ether oxygens (including phenoxy) is 1. The molecular weight excluding hydrogens is 268 g/mol. The zero-order chi connectivity index (χ0) is 13.7. The van der Waals surface area contributed by atoms with Crippen LogP contribution in [0.25, 0.3) is 0 Å². The van der Waals surface area contributed by atoms with Crippen molar-refractivity contribution < 1.29 is 9.53 Å². The number of carbonyl (C=O) groups is 1. The predicted molar refractivity (Wildman–Crippen MR) is 79.4 cm³/mol. The topological polar surface area (TPSA) is 50.4 Å². The van der Waals surface area contributed by atoms with Crippen LogP contribution in [0.3, 0.4) is 0 Å². The van der Waals surface area contributed by atoms with Crippen molar-refractivity contribution in [3.05, 3.63) is 28.7 Å². The standard InChI is InChI=1S/C12H16N2O2S2/c1-7(2)6-13-12(17)14-9-5-8(3)10(18-9)11(15)16-4/h5H,1,6H2,2-4H3,(H2,13,14,17). The van der Waals surface area contributed by atoms with Gasteiger partial charge < -0.3 is 15.4 Å². The van der Waals surface area contributed by atoms with E-state index in [9.17, 15) is 4.79 Å². The monoisotopic (exact) mass is 284 g/mol. The molecule has 0 aromatic carbocycles. The lowest BCUT2D eigenvalue weighted by Crippen LogP contribution is -2.29. The van der Waals surface area contributed by atoms with Crippen LogP contribution in [0.5, 0.6) is 0 Å². The van der Waals surface area contributed by atoms with Crippen molar-refractivity contribution in [1.82, 2.24) is 5.32 Å². The van der Waals surface area contributed by atoms with Crippen LogP contribution in [0.15, 0.2) is 18.2 Å². The molecule has 0 aliphatic rings. The fourth-order valence-electron chi connectivity index (χ4n) is 1.23. The first-order valence-electron chi connectivity index (χ1n) is 5.32. The Hall–Kier alpha value is -1.40. The van der Waals surface area contributed by atoms with Gasteiger partial charge in [0.2, 0.25) is 0 Å². The summed E-state index contributed by atoms with van der Waals surface area (Å²) in [6.45, 7) is 8.18. The highest BCUT2D eigenvalue weighted by Gasteiger charge is 2.14. The molecule has 1 aromatic rings. The van der Waals surface area contributed by atoms with Gasteiger partial charge in [-0.15, -0.1) is 11.3 Å². The summed E-state index contributed by atoms with van der Waals surface area (Å²) < 4.78 is 4.70. The minimum absolute atomic E-state index is 0.327. The molecule has 1 heterocycles. The molecule has 1 rings (SSSR count). The largest absolute Gasteiger partial charge is 0.465 e. The van der Waals surface area contributed by atoms with Gasteiger partial charge in [0.15, 0.2) is 5.11 Å². The summed E-state index contributed by atoms with van der Waals surface area (Å²) in [6, 6.07) is 1.87. The van der Waals surface area contributed by atoms with E-state index >= 15 is 0 Å². The molecule has 0 bridgehead atoms. The van der Waals surface area contributed by atoms with Crippen LogP contribution in [-0.4, -0.2) is 24.7 Å². The molecule has 0 atom stereocenters. The smallest absolute Gasteiger partial charge is 0.348 e. The van der Waals surface area contributed by atoms with Gasteiger partial charge in [-0.2, -0.15) is 0 Å². The number of thiocarbonyl (C=S) groups is 1. The van der Waals surface area contributed by atoms with E-state index in [1.54, 1.807) is 0 Å². The Morgan fingerprint density at radius 3 is 2.83 bits per heavy atom. The Morgan fingerprint density at radius 1 is 1.61 bits per heavy atom. The second-order valence-electron chi connectivity index (χ2n) is 3.88. The van der Waals surface area contributed by atoms with Gasteiger partial charge in [-0.25, -0.2) is 4.79 Å². The molecule has 0 aliphatic carbocycles. The molecule has 0 saturated heterocycles. The summed E-state index contributed by atoms with van der Waals surface area (Å²) in [6.07, 6.45) is 0. The third-order valence-electron chi connectivity index (χ3n) is 2.08. The van der Waals surface area contributed by atoms with E-state index in [1.807, 2.05) is 19.9 Å². The predicted octanol–water partition coefficient (Wildman–Crippen LogP) is 2.71. The summed E-state index contributed by atoms with van der Waals surface area (Å²) in [7, 11) is 1.37. The summed E-state index contributed by atoms with van der Waals surface area (Å²) >= 11 is 6.45. The fraction of sp³-hybridized carbons (Fsp3) is 0.333. The third kappa shape index (κ3) is 4.12. The first-order valence-corrected chi connectivity index (χ1v) is 6.54.